The predicted molar refractivity (Wildman–Crippen MR) is 94.3 cm³/mol. The normalized spacial score (nSPS) is 23.9. The van der Waals surface area contributed by atoms with Gasteiger partial charge in [0.2, 0.25) is 5.91 Å². The summed E-state index contributed by atoms with van der Waals surface area (Å²) in [4.78, 5) is 24.0. The van der Waals surface area contributed by atoms with Crippen LogP contribution in [0, 0.1) is 0 Å². The number of fused-ring (bicyclic) bond motifs is 1. The van der Waals surface area contributed by atoms with E-state index in [1.165, 1.54) is 0 Å². The van der Waals surface area contributed by atoms with Gasteiger partial charge in [0.05, 0.1) is 18.3 Å². The molecule has 26 heavy (non-hydrogen) atoms. The summed E-state index contributed by atoms with van der Waals surface area (Å²) in [5.41, 5.74) is 12.5. The van der Waals surface area contributed by atoms with Crippen LogP contribution >= 0.6 is 0 Å². The second-order valence-corrected chi connectivity index (χ2v) is 7.41. The van der Waals surface area contributed by atoms with Gasteiger partial charge < -0.3 is 31.4 Å². The fourth-order valence-electron chi connectivity index (χ4n) is 3.53. The number of nitrogens with zero attached hydrogens (tertiary/aromatic N) is 1. The van der Waals surface area contributed by atoms with Crippen LogP contribution in [0.1, 0.15) is 19.4 Å². The van der Waals surface area contributed by atoms with Crippen LogP contribution in [0.15, 0.2) is 12.1 Å². The summed E-state index contributed by atoms with van der Waals surface area (Å²) in [6.45, 7) is 4.71. The van der Waals surface area contributed by atoms with Crippen molar-refractivity contribution in [3.8, 4) is 11.5 Å². The van der Waals surface area contributed by atoms with Gasteiger partial charge in [0.1, 0.15) is 23.2 Å². The van der Waals surface area contributed by atoms with Crippen LogP contribution in [-0.2, 0) is 11.2 Å². The number of carbonyl (C=O) groups is 2. The van der Waals surface area contributed by atoms with Crippen molar-refractivity contribution in [3.05, 3.63) is 17.7 Å². The molecule has 0 aromatic heterocycles. The predicted octanol–water partition coefficient (Wildman–Crippen LogP) is 0.167. The van der Waals surface area contributed by atoms with Gasteiger partial charge in [-0.2, -0.15) is 0 Å². The van der Waals surface area contributed by atoms with Crippen molar-refractivity contribution in [1.82, 2.24) is 10.2 Å². The third-order valence-corrected chi connectivity index (χ3v) is 4.50. The second kappa shape index (κ2) is 6.56. The molecule has 1 aromatic carbocycles. The summed E-state index contributed by atoms with van der Waals surface area (Å²) in [6, 6.07) is 3.07. The number of rotatable bonds is 5. The molecule has 1 saturated heterocycles. The van der Waals surface area contributed by atoms with Crippen LogP contribution in [0.4, 0.5) is 10.5 Å². The minimum absolute atomic E-state index is 0.0363. The third-order valence-electron chi connectivity index (χ3n) is 4.50. The smallest absolute Gasteiger partial charge is 0.405 e. The highest BCUT2D eigenvalue weighted by Crippen LogP contribution is 2.40. The third kappa shape index (κ3) is 3.93. The number of carboxylic acid groups (broad SMARTS) is 1. The number of primary amides is 1. The Morgan fingerprint density at radius 2 is 2.15 bits per heavy atom. The zero-order valence-electron chi connectivity index (χ0n) is 14.8. The van der Waals surface area contributed by atoms with Crippen LogP contribution in [0.25, 0.3) is 0 Å². The molecular weight excluding hydrogens is 340 g/mol. The second-order valence-electron chi connectivity index (χ2n) is 7.41. The number of likely N-dealkylation sites (tertiary alicyclic amines) is 1. The van der Waals surface area contributed by atoms with E-state index < -0.39 is 24.1 Å². The van der Waals surface area contributed by atoms with Crippen molar-refractivity contribution in [3.63, 3.8) is 0 Å². The first-order valence-corrected chi connectivity index (χ1v) is 8.41. The lowest BCUT2D eigenvalue weighted by atomic mass is 10.0. The average Bonchev–Trinajstić information content (AvgIpc) is 2.96. The Bertz CT molecular complexity index is 736. The Labute approximate surface area is 151 Å². The molecule has 142 valence electrons. The Balaban J connectivity index is 1.78. The lowest BCUT2D eigenvalue weighted by Gasteiger charge is -2.21. The molecule has 2 aliphatic heterocycles. The van der Waals surface area contributed by atoms with Gasteiger partial charge in [-0.05, 0) is 19.9 Å². The molecule has 0 radical (unpaired) electrons. The molecule has 1 fully saturated rings. The molecule has 1 aromatic rings. The molecule has 0 spiro atoms. The molecule has 2 heterocycles. The zero-order valence-corrected chi connectivity index (χ0v) is 14.8. The molecule has 3 rings (SSSR count). The van der Waals surface area contributed by atoms with Gasteiger partial charge in [0, 0.05) is 31.1 Å². The number of ether oxygens (including phenoxy) is 2. The quantitative estimate of drug-likeness (QED) is 0.546. The van der Waals surface area contributed by atoms with E-state index >= 15 is 0 Å². The first-order valence-electron chi connectivity index (χ1n) is 8.41. The lowest BCUT2D eigenvalue weighted by molar-refractivity contribution is -0.118. The molecule has 0 aliphatic carbocycles. The van der Waals surface area contributed by atoms with Crippen LogP contribution in [0.5, 0.6) is 11.5 Å². The summed E-state index contributed by atoms with van der Waals surface area (Å²) in [6.07, 6.45) is -0.900. The fraction of sp³-hybridized carbons (Fsp3) is 0.529. The van der Waals surface area contributed by atoms with Crippen molar-refractivity contribution in [1.29, 1.82) is 0 Å². The molecule has 0 saturated carbocycles. The van der Waals surface area contributed by atoms with E-state index in [1.54, 1.807) is 11.0 Å². The molecule has 2 unspecified atom stereocenters. The van der Waals surface area contributed by atoms with Gasteiger partial charge in [0.15, 0.2) is 0 Å². The fourth-order valence-corrected chi connectivity index (χ4v) is 3.53. The Morgan fingerprint density at radius 1 is 1.42 bits per heavy atom. The maximum absolute atomic E-state index is 11.2. The zero-order chi connectivity index (χ0) is 19.1. The number of nitrogens with one attached hydrogen (secondary N) is 1. The van der Waals surface area contributed by atoms with E-state index in [0.717, 1.165) is 12.0 Å². The van der Waals surface area contributed by atoms with Crippen LogP contribution in [-0.4, -0.2) is 59.4 Å². The molecule has 9 heteroatoms. The molecule has 0 bridgehead atoms. The van der Waals surface area contributed by atoms with E-state index in [-0.39, 0.29) is 12.1 Å². The Morgan fingerprint density at radius 3 is 2.81 bits per heavy atom. The number of anilines is 1. The van der Waals surface area contributed by atoms with Crippen molar-refractivity contribution in [2.75, 3.05) is 25.4 Å². The standard InChI is InChI=1S/C17H24N4O5/c1-17(2)5-9-3-10(18)13(4-12(9)26-17)25-14-7-21(8-15(19)22)6-11(14)20-16(23)24/h3-4,11,14,20H,5-8,18H2,1-2H3,(H2,19,22)(H,23,24). The number of benzene rings is 1. The number of hydrogen-bond donors (Lipinski definition) is 4. The number of carbonyl (C=O) groups excluding carboxylic acids is 1. The highest BCUT2D eigenvalue weighted by Gasteiger charge is 2.37. The number of amides is 2. The van der Waals surface area contributed by atoms with Crippen LogP contribution in [0.3, 0.4) is 0 Å². The summed E-state index contributed by atoms with van der Waals surface area (Å²) < 4.78 is 11.9. The van der Waals surface area contributed by atoms with E-state index in [9.17, 15) is 9.59 Å². The van der Waals surface area contributed by atoms with Gasteiger partial charge in [-0.3, -0.25) is 9.69 Å². The van der Waals surface area contributed by atoms with Gasteiger partial charge in [-0.25, -0.2) is 4.79 Å². The van der Waals surface area contributed by atoms with Gasteiger partial charge in [0.25, 0.3) is 0 Å². The highest BCUT2D eigenvalue weighted by molar-refractivity contribution is 5.76. The Hall–Kier alpha value is -2.68. The summed E-state index contributed by atoms with van der Waals surface area (Å²) in [5, 5.41) is 11.5. The monoisotopic (exact) mass is 364 g/mol. The topological polar surface area (TPSA) is 140 Å². The SMILES string of the molecule is CC1(C)Cc2cc(N)c(OC3CN(CC(N)=O)CC3NC(=O)O)cc2O1. The van der Waals surface area contributed by atoms with E-state index in [1.807, 2.05) is 19.9 Å². The van der Waals surface area contributed by atoms with Crippen molar-refractivity contribution >= 4 is 17.7 Å². The molecular formula is C17H24N4O5. The summed E-state index contributed by atoms with van der Waals surface area (Å²) >= 11 is 0. The maximum atomic E-state index is 11.2. The first kappa shape index (κ1) is 18.1. The van der Waals surface area contributed by atoms with Crippen LogP contribution < -0.4 is 26.3 Å². The number of nitrogens with two attached hydrogens (primary N) is 2. The molecule has 6 N–H and O–H groups in total. The average molecular weight is 364 g/mol. The van der Waals surface area contributed by atoms with Crippen LogP contribution in [0.2, 0.25) is 0 Å². The largest absolute Gasteiger partial charge is 0.487 e. The molecule has 2 aliphatic rings. The number of hydrogen-bond acceptors (Lipinski definition) is 6. The molecule has 2 amide bonds. The van der Waals surface area contributed by atoms with Crippen molar-refractivity contribution < 1.29 is 24.2 Å². The van der Waals surface area contributed by atoms with Gasteiger partial charge >= 0.3 is 6.09 Å². The molecule has 9 nitrogen and oxygen atoms in total. The molecule has 2 atom stereocenters. The first-order chi connectivity index (χ1) is 12.1. The Kier molecular flexibility index (Phi) is 4.57. The highest BCUT2D eigenvalue weighted by atomic mass is 16.5. The van der Waals surface area contributed by atoms with Gasteiger partial charge in [-0.1, -0.05) is 0 Å². The number of nitrogen functional groups attached to an aromatic ring is 1. The van der Waals surface area contributed by atoms with Crippen molar-refractivity contribution in [2.24, 2.45) is 5.73 Å². The van der Waals surface area contributed by atoms with E-state index in [2.05, 4.69) is 5.32 Å². The van der Waals surface area contributed by atoms with E-state index in [4.69, 9.17) is 26.0 Å². The summed E-state index contributed by atoms with van der Waals surface area (Å²) in [5.74, 6) is 0.672. The minimum atomic E-state index is -1.16. The summed E-state index contributed by atoms with van der Waals surface area (Å²) in [7, 11) is 0. The minimum Gasteiger partial charge on any atom is -0.487 e. The van der Waals surface area contributed by atoms with Gasteiger partial charge in [-0.15, -0.1) is 0 Å². The maximum Gasteiger partial charge on any atom is 0.405 e. The van der Waals surface area contributed by atoms with Crippen molar-refractivity contribution in [2.45, 2.75) is 38.0 Å². The van der Waals surface area contributed by atoms with E-state index in [0.29, 0.717) is 30.3 Å². The lowest BCUT2D eigenvalue weighted by Crippen LogP contribution is -2.44.